The molecule has 0 bridgehead atoms. The number of rotatable bonds is 3. The van der Waals surface area contributed by atoms with E-state index >= 15 is 0 Å². The minimum absolute atomic E-state index is 0.00931. The van der Waals surface area contributed by atoms with Gasteiger partial charge in [0, 0.05) is 5.56 Å². The second-order valence-corrected chi connectivity index (χ2v) is 2.24. The van der Waals surface area contributed by atoms with E-state index < -0.39 is 5.97 Å². The van der Waals surface area contributed by atoms with Crippen LogP contribution in [0.25, 0.3) is 6.08 Å². The first-order valence-corrected chi connectivity index (χ1v) is 3.37. The van der Waals surface area contributed by atoms with Crippen LogP contribution in [0.3, 0.4) is 0 Å². The summed E-state index contributed by atoms with van der Waals surface area (Å²) in [7, 11) is 0. The molecule has 12 heavy (non-hydrogen) atoms. The summed E-state index contributed by atoms with van der Waals surface area (Å²) >= 11 is 0. The zero-order valence-corrected chi connectivity index (χ0v) is 6.32. The molecule has 0 atom stereocenters. The van der Waals surface area contributed by atoms with Crippen LogP contribution in [0.15, 0.2) is 12.3 Å². The molecular weight excluding hydrogens is 158 g/mol. The van der Waals surface area contributed by atoms with Crippen molar-refractivity contribution in [2.75, 3.05) is 5.73 Å². The van der Waals surface area contributed by atoms with Crippen LogP contribution >= 0.6 is 0 Å². The van der Waals surface area contributed by atoms with E-state index in [4.69, 9.17) is 10.8 Å². The molecule has 5 heteroatoms. The summed E-state index contributed by atoms with van der Waals surface area (Å²) in [4.78, 5) is 10.1. The molecule has 4 N–H and O–H groups in total. The average molecular weight is 167 g/mol. The van der Waals surface area contributed by atoms with E-state index in [1.54, 1.807) is 6.08 Å². The highest BCUT2D eigenvalue weighted by atomic mass is 16.4. The van der Waals surface area contributed by atoms with Crippen molar-refractivity contribution < 1.29 is 9.90 Å². The van der Waals surface area contributed by atoms with E-state index in [2.05, 4.69) is 10.2 Å². The number of aromatic amines is 1. The minimum atomic E-state index is -0.867. The molecule has 0 saturated carbocycles. The molecule has 0 aliphatic heterocycles. The number of nitrogen functional groups attached to an aromatic ring is 1. The maximum Gasteiger partial charge on any atom is 0.307 e. The fourth-order valence-electron chi connectivity index (χ4n) is 0.725. The van der Waals surface area contributed by atoms with E-state index in [1.807, 2.05) is 0 Å². The summed E-state index contributed by atoms with van der Waals surface area (Å²) in [6, 6.07) is 0. The summed E-state index contributed by atoms with van der Waals surface area (Å²) in [5.41, 5.74) is 6.15. The number of aliphatic carboxylic acids is 1. The molecule has 1 heterocycles. The topological polar surface area (TPSA) is 92.0 Å². The number of nitrogens with one attached hydrogen (secondary N) is 1. The first-order valence-electron chi connectivity index (χ1n) is 3.37. The van der Waals surface area contributed by atoms with Gasteiger partial charge in [-0.25, -0.2) is 0 Å². The lowest BCUT2D eigenvalue weighted by atomic mass is 10.3. The SMILES string of the molecule is Nc1[nH]ncc1C=CCC(=O)O. The highest BCUT2D eigenvalue weighted by Crippen LogP contribution is 2.07. The summed E-state index contributed by atoms with van der Waals surface area (Å²) in [6.07, 6.45) is 4.66. The van der Waals surface area contributed by atoms with Crippen molar-refractivity contribution in [1.82, 2.24) is 10.2 Å². The molecular formula is C7H9N3O2. The van der Waals surface area contributed by atoms with Crippen molar-refractivity contribution in [3.05, 3.63) is 17.8 Å². The fraction of sp³-hybridized carbons (Fsp3) is 0.143. The van der Waals surface area contributed by atoms with Crippen LogP contribution in [0.4, 0.5) is 5.82 Å². The van der Waals surface area contributed by atoms with Crippen LogP contribution in [0, 0.1) is 0 Å². The Morgan fingerprint density at radius 1 is 1.83 bits per heavy atom. The van der Waals surface area contributed by atoms with Crippen molar-refractivity contribution in [1.29, 1.82) is 0 Å². The van der Waals surface area contributed by atoms with Gasteiger partial charge in [-0.15, -0.1) is 0 Å². The summed E-state index contributed by atoms with van der Waals surface area (Å²) < 4.78 is 0. The number of hydrogen-bond acceptors (Lipinski definition) is 3. The normalized spacial score (nSPS) is 10.7. The lowest BCUT2D eigenvalue weighted by Gasteiger charge is -1.87. The van der Waals surface area contributed by atoms with Crippen LogP contribution in [0.2, 0.25) is 0 Å². The lowest BCUT2D eigenvalue weighted by molar-refractivity contribution is -0.135. The number of hydrogen-bond donors (Lipinski definition) is 3. The first-order chi connectivity index (χ1) is 5.70. The third-order valence-electron chi connectivity index (χ3n) is 1.29. The molecule has 0 spiro atoms. The fourth-order valence-corrected chi connectivity index (χ4v) is 0.725. The molecule has 0 aliphatic carbocycles. The Balaban J connectivity index is 2.57. The van der Waals surface area contributed by atoms with Gasteiger partial charge in [0.25, 0.3) is 0 Å². The standard InChI is InChI=1S/C7H9N3O2/c8-7-5(4-9-10-7)2-1-3-6(11)12/h1-2,4H,3H2,(H,11,12)(H3,8,9,10). The first kappa shape index (κ1) is 8.32. The summed E-state index contributed by atoms with van der Waals surface area (Å²) in [6.45, 7) is 0. The molecule has 0 aromatic carbocycles. The second-order valence-electron chi connectivity index (χ2n) is 2.24. The summed E-state index contributed by atoms with van der Waals surface area (Å²) in [5.74, 6) is -0.426. The minimum Gasteiger partial charge on any atom is -0.481 e. The number of nitrogens with two attached hydrogens (primary N) is 1. The van der Waals surface area contributed by atoms with E-state index in [9.17, 15) is 4.79 Å². The van der Waals surface area contributed by atoms with Gasteiger partial charge in [0.15, 0.2) is 0 Å². The second kappa shape index (κ2) is 3.56. The van der Waals surface area contributed by atoms with Crippen molar-refractivity contribution >= 4 is 17.9 Å². The van der Waals surface area contributed by atoms with Gasteiger partial charge in [-0.3, -0.25) is 9.89 Å². The van der Waals surface area contributed by atoms with E-state index in [1.165, 1.54) is 12.3 Å². The third-order valence-corrected chi connectivity index (χ3v) is 1.29. The molecule has 5 nitrogen and oxygen atoms in total. The largest absolute Gasteiger partial charge is 0.481 e. The Morgan fingerprint density at radius 3 is 3.08 bits per heavy atom. The molecule has 0 amide bonds. The number of carbonyl (C=O) groups is 1. The van der Waals surface area contributed by atoms with E-state index in [0.717, 1.165) is 0 Å². The smallest absolute Gasteiger partial charge is 0.307 e. The third kappa shape index (κ3) is 2.12. The molecule has 0 aliphatic rings. The lowest BCUT2D eigenvalue weighted by Crippen LogP contribution is -1.90. The molecule has 1 aromatic rings. The summed E-state index contributed by atoms with van der Waals surface area (Å²) in [5, 5.41) is 14.5. The zero-order valence-electron chi connectivity index (χ0n) is 6.32. The van der Waals surface area contributed by atoms with Gasteiger partial charge in [-0.2, -0.15) is 5.10 Å². The van der Waals surface area contributed by atoms with Crippen LogP contribution in [-0.4, -0.2) is 21.3 Å². The van der Waals surface area contributed by atoms with Gasteiger partial charge in [0.2, 0.25) is 0 Å². The average Bonchev–Trinajstić information content (AvgIpc) is 2.36. The Kier molecular flexibility index (Phi) is 2.47. The highest BCUT2D eigenvalue weighted by molar-refractivity contribution is 5.71. The zero-order chi connectivity index (χ0) is 8.97. The van der Waals surface area contributed by atoms with E-state index in [0.29, 0.717) is 11.4 Å². The number of nitrogens with zero attached hydrogens (tertiary/aromatic N) is 1. The molecule has 64 valence electrons. The molecule has 1 rings (SSSR count). The van der Waals surface area contributed by atoms with Gasteiger partial charge >= 0.3 is 5.97 Å². The Morgan fingerprint density at radius 2 is 2.58 bits per heavy atom. The quantitative estimate of drug-likeness (QED) is 0.610. The van der Waals surface area contributed by atoms with Gasteiger partial charge in [0.1, 0.15) is 5.82 Å². The van der Waals surface area contributed by atoms with E-state index in [-0.39, 0.29) is 6.42 Å². The molecule has 0 unspecified atom stereocenters. The maximum atomic E-state index is 10.1. The van der Waals surface area contributed by atoms with Crippen LogP contribution < -0.4 is 5.73 Å². The Bertz CT molecular complexity index is 303. The molecule has 0 saturated heterocycles. The van der Waals surface area contributed by atoms with Crippen molar-refractivity contribution in [2.24, 2.45) is 0 Å². The number of H-pyrrole nitrogens is 1. The number of carboxylic acid groups (broad SMARTS) is 1. The van der Waals surface area contributed by atoms with Crippen LogP contribution in [0.5, 0.6) is 0 Å². The van der Waals surface area contributed by atoms with Gasteiger partial charge in [-0.05, 0) is 0 Å². The molecule has 0 fully saturated rings. The number of carboxylic acids is 1. The van der Waals surface area contributed by atoms with Crippen molar-refractivity contribution in [2.45, 2.75) is 6.42 Å². The monoisotopic (exact) mass is 167 g/mol. The highest BCUT2D eigenvalue weighted by Gasteiger charge is 1.95. The van der Waals surface area contributed by atoms with Gasteiger partial charge in [-0.1, -0.05) is 12.2 Å². The maximum absolute atomic E-state index is 10.1. The number of anilines is 1. The Hall–Kier alpha value is -1.78. The van der Waals surface area contributed by atoms with Gasteiger partial charge < -0.3 is 10.8 Å². The van der Waals surface area contributed by atoms with Crippen molar-refractivity contribution in [3.8, 4) is 0 Å². The predicted molar refractivity (Wildman–Crippen MR) is 44.3 cm³/mol. The Labute approximate surface area is 68.9 Å². The van der Waals surface area contributed by atoms with Crippen molar-refractivity contribution in [3.63, 3.8) is 0 Å². The number of aromatic nitrogens is 2. The molecule has 0 radical (unpaired) electrons. The van der Waals surface area contributed by atoms with Crippen LogP contribution in [0.1, 0.15) is 12.0 Å². The predicted octanol–water partition coefficient (Wildman–Crippen LogP) is 0.480. The molecule has 1 aromatic heterocycles. The van der Waals surface area contributed by atoms with Crippen LogP contribution in [-0.2, 0) is 4.79 Å². The van der Waals surface area contributed by atoms with Gasteiger partial charge in [0.05, 0.1) is 12.6 Å².